The SMILES string of the molecule is O=C(O)C1CCCN(c2cccc(CN3CCCC3)c2)C1. The first-order chi connectivity index (χ1) is 10.2. The quantitative estimate of drug-likeness (QED) is 0.925. The van der Waals surface area contributed by atoms with E-state index in [-0.39, 0.29) is 5.92 Å². The summed E-state index contributed by atoms with van der Waals surface area (Å²) >= 11 is 0. The van der Waals surface area contributed by atoms with E-state index in [9.17, 15) is 9.90 Å². The van der Waals surface area contributed by atoms with E-state index in [1.165, 1.54) is 37.2 Å². The van der Waals surface area contributed by atoms with Crippen molar-refractivity contribution in [1.29, 1.82) is 0 Å². The van der Waals surface area contributed by atoms with Crippen molar-refractivity contribution in [3.8, 4) is 0 Å². The monoisotopic (exact) mass is 288 g/mol. The van der Waals surface area contributed by atoms with Gasteiger partial charge in [-0.2, -0.15) is 0 Å². The Labute approximate surface area is 126 Å². The summed E-state index contributed by atoms with van der Waals surface area (Å²) in [4.78, 5) is 15.9. The summed E-state index contributed by atoms with van der Waals surface area (Å²) in [5.41, 5.74) is 2.52. The fourth-order valence-electron chi connectivity index (χ4n) is 3.46. The maximum Gasteiger partial charge on any atom is 0.308 e. The molecule has 0 spiro atoms. The molecule has 114 valence electrons. The molecule has 1 aromatic rings. The van der Waals surface area contributed by atoms with Crippen molar-refractivity contribution >= 4 is 11.7 Å². The summed E-state index contributed by atoms with van der Waals surface area (Å²) < 4.78 is 0. The van der Waals surface area contributed by atoms with Gasteiger partial charge in [0.15, 0.2) is 0 Å². The number of likely N-dealkylation sites (tertiary alicyclic amines) is 1. The molecule has 21 heavy (non-hydrogen) atoms. The maximum atomic E-state index is 11.2. The van der Waals surface area contributed by atoms with Crippen LogP contribution in [0.2, 0.25) is 0 Å². The lowest BCUT2D eigenvalue weighted by Crippen LogP contribution is -2.38. The first kappa shape index (κ1) is 14.4. The van der Waals surface area contributed by atoms with Gasteiger partial charge in [-0.15, -0.1) is 0 Å². The van der Waals surface area contributed by atoms with E-state index < -0.39 is 5.97 Å². The molecule has 3 rings (SSSR count). The van der Waals surface area contributed by atoms with E-state index in [1.807, 2.05) is 0 Å². The molecule has 2 fully saturated rings. The average molecular weight is 288 g/mol. The molecule has 0 aliphatic carbocycles. The van der Waals surface area contributed by atoms with Crippen molar-refractivity contribution in [1.82, 2.24) is 4.90 Å². The highest BCUT2D eigenvalue weighted by atomic mass is 16.4. The number of nitrogens with zero attached hydrogens (tertiary/aromatic N) is 2. The molecular formula is C17H24N2O2. The van der Waals surface area contributed by atoms with E-state index in [0.29, 0.717) is 6.54 Å². The molecule has 0 aromatic heterocycles. The summed E-state index contributed by atoms with van der Waals surface area (Å²) in [6, 6.07) is 8.63. The molecular weight excluding hydrogens is 264 g/mol. The second-order valence-corrected chi connectivity index (χ2v) is 6.28. The van der Waals surface area contributed by atoms with Crippen LogP contribution in [0.5, 0.6) is 0 Å². The molecule has 1 aromatic carbocycles. The van der Waals surface area contributed by atoms with Crippen LogP contribution in [-0.2, 0) is 11.3 Å². The van der Waals surface area contributed by atoms with Gasteiger partial charge in [-0.25, -0.2) is 0 Å². The standard InChI is InChI=1S/C17H24N2O2/c20-17(21)15-6-4-10-19(13-15)16-7-3-5-14(11-16)12-18-8-1-2-9-18/h3,5,7,11,15H,1-2,4,6,8-10,12-13H2,(H,20,21). The topological polar surface area (TPSA) is 43.8 Å². The first-order valence-electron chi connectivity index (χ1n) is 8.01. The number of hydrogen-bond acceptors (Lipinski definition) is 3. The minimum atomic E-state index is -0.659. The van der Waals surface area contributed by atoms with Crippen LogP contribution in [-0.4, -0.2) is 42.2 Å². The Hall–Kier alpha value is -1.55. The molecule has 2 aliphatic rings. The van der Waals surface area contributed by atoms with E-state index in [1.54, 1.807) is 0 Å². The smallest absolute Gasteiger partial charge is 0.308 e. The predicted octanol–water partition coefficient (Wildman–Crippen LogP) is 2.58. The zero-order valence-electron chi connectivity index (χ0n) is 12.5. The van der Waals surface area contributed by atoms with Gasteiger partial charge < -0.3 is 10.0 Å². The second kappa shape index (κ2) is 6.48. The van der Waals surface area contributed by atoms with Crippen LogP contribution in [0.25, 0.3) is 0 Å². The van der Waals surface area contributed by atoms with Crippen molar-refractivity contribution in [3.63, 3.8) is 0 Å². The third-order valence-electron chi connectivity index (χ3n) is 4.65. The minimum Gasteiger partial charge on any atom is -0.481 e. The van der Waals surface area contributed by atoms with Gasteiger partial charge in [-0.1, -0.05) is 12.1 Å². The van der Waals surface area contributed by atoms with Crippen molar-refractivity contribution < 1.29 is 9.90 Å². The number of carbonyl (C=O) groups is 1. The molecule has 2 saturated heterocycles. The number of carboxylic acids is 1. The Morgan fingerprint density at radius 1 is 1.19 bits per heavy atom. The number of benzene rings is 1. The largest absolute Gasteiger partial charge is 0.481 e. The minimum absolute atomic E-state index is 0.221. The highest BCUT2D eigenvalue weighted by Crippen LogP contribution is 2.25. The van der Waals surface area contributed by atoms with Gasteiger partial charge in [-0.05, 0) is 56.5 Å². The van der Waals surface area contributed by atoms with E-state index in [2.05, 4.69) is 34.1 Å². The summed E-state index contributed by atoms with van der Waals surface area (Å²) in [7, 11) is 0. The summed E-state index contributed by atoms with van der Waals surface area (Å²) in [6.45, 7) is 5.04. The normalized spacial score (nSPS) is 23.4. The van der Waals surface area contributed by atoms with Crippen LogP contribution in [0.3, 0.4) is 0 Å². The van der Waals surface area contributed by atoms with Crippen molar-refractivity contribution in [3.05, 3.63) is 29.8 Å². The van der Waals surface area contributed by atoms with Gasteiger partial charge in [0.25, 0.3) is 0 Å². The van der Waals surface area contributed by atoms with Crippen LogP contribution in [0.4, 0.5) is 5.69 Å². The average Bonchev–Trinajstić information content (AvgIpc) is 3.00. The molecule has 2 heterocycles. The zero-order chi connectivity index (χ0) is 14.7. The Balaban J connectivity index is 1.68. The van der Waals surface area contributed by atoms with Gasteiger partial charge in [0, 0.05) is 25.3 Å². The van der Waals surface area contributed by atoms with E-state index >= 15 is 0 Å². The molecule has 1 N–H and O–H groups in total. The Bertz CT molecular complexity index is 497. The highest BCUT2D eigenvalue weighted by Gasteiger charge is 2.25. The molecule has 0 amide bonds. The molecule has 4 nitrogen and oxygen atoms in total. The van der Waals surface area contributed by atoms with Gasteiger partial charge >= 0.3 is 5.97 Å². The number of aliphatic carboxylic acids is 1. The first-order valence-corrected chi connectivity index (χ1v) is 8.01. The van der Waals surface area contributed by atoms with Gasteiger partial charge in [0.1, 0.15) is 0 Å². The molecule has 0 radical (unpaired) electrons. The Morgan fingerprint density at radius 2 is 2.00 bits per heavy atom. The molecule has 4 heteroatoms. The van der Waals surface area contributed by atoms with E-state index in [0.717, 1.165) is 25.9 Å². The molecule has 0 bridgehead atoms. The fraction of sp³-hybridized carbons (Fsp3) is 0.588. The van der Waals surface area contributed by atoms with Gasteiger partial charge in [0.2, 0.25) is 0 Å². The van der Waals surface area contributed by atoms with Crippen LogP contribution in [0.15, 0.2) is 24.3 Å². The summed E-state index contributed by atoms with van der Waals surface area (Å²) in [5.74, 6) is -0.881. The molecule has 0 saturated carbocycles. The summed E-state index contributed by atoms with van der Waals surface area (Å²) in [5, 5.41) is 9.21. The van der Waals surface area contributed by atoms with Crippen LogP contribution < -0.4 is 4.90 Å². The lowest BCUT2D eigenvalue weighted by Gasteiger charge is -2.33. The van der Waals surface area contributed by atoms with Crippen LogP contribution in [0.1, 0.15) is 31.2 Å². The fourth-order valence-corrected chi connectivity index (χ4v) is 3.46. The number of hydrogen-bond donors (Lipinski definition) is 1. The number of anilines is 1. The Morgan fingerprint density at radius 3 is 2.76 bits per heavy atom. The van der Waals surface area contributed by atoms with Crippen LogP contribution >= 0.6 is 0 Å². The molecule has 1 unspecified atom stereocenters. The third kappa shape index (κ3) is 3.56. The Kier molecular flexibility index (Phi) is 4.44. The lowest BCUT2D eigenvalue weighted by molar-refractivity contribution is -0.141. The third-order valence-corrected chi connectivity index (χ3v) is 4.65. The molecule has 2 aliphatic heterocycles. The van der Waals surface area contributed by atoms with Gasteiger partial charge in [-0.3, -0.25) is 9.69 Å². The maximum absolute atomic E-state index is 11.2. The summed E-state index contributed by atoms with van der Waals surface area (Å²) in [6.07, 6.45) is 4.39. The van der Waals surface area contributed by atoms with Crippen LogP contribution in [0, 0.1) is 5.92 Å². The zero-order valence-corrected chi connectivity index (χ0v) is 12.5. The van der Waals surface area contributed by atoms with Gasteiger partial charge in [0.05, 0.1) is 5.92 Å². The predicted molar refractivity (Wildman–Crippen MR) is 83.5 cm³/mol. The van der Waals surface area contributed by atoms with Crippen molar-refractivity contribution in [2.75, 3.05) is 31.1 Å². The van der Waals surface area contributed by atoms with Crippen molar-refractivity contribution in [2.24, 2.45) is 5.92 Å². The number of rotatable bonds is 4. The number of piperidine rings is 1. The highest BCUT2D eigenvalue weighted by molar-refractivity contribution is 5.71. The van der Waals surface area contributed by atoms with E-state index in [4.69, 9.17) is 0 Å². The molecule has 1 atom stereocenters. The second-order valence-electron chi connectivity index (χ2n) is 6.28. The van der Waals surface area contributed by atoms with Crippen molar-refractivity contribution in [2.45, 2.75) is 32.2 Å². The number of carboxylic acid groups (broad SMARTS) is 1. The lowest BCUT2D eigenvalue weighted by atomic mass is 9.97.